The smallest absolute Gasteiger partial charge is 0.339 e. The Morgan fingerprint density at radius 3 is 2.43 bits per heavy atom. The van der Waals surface area contributed by atoms with Crippen LogP contribution in [0, 0.1) is 12.7 Å². The van der Waals surface area contributed by atoms with Crippen LogP contribution in [0.5, 0.6) is 11.5 Å². The highest BCUT2D eigenvalue weighted by Gasteiger charge is 2.22. The molecule has 0 unspecified atom stereocenters. The van der Waals surface area contributed by atoms with E-state index in [9.17, 15) is 9.18 Å². The highest BCUT2D eigenvalue weighted by Crippen LogP contribution is 2.29. The molecule has 0 saturated heterocycles. The molecule has 5 aromatic rings. The third-order valence-corrected chi connectivity index (χ3v) is 5.45. The Hall–Kier alpha value is -4.46. The third-order valence-electron chi connectivity index (χ3n) is 5.45. The maximum Gasteiger partial charge on any atom is 0.339 e. The second-order valence-electron chi connectivity index (χ2n) is 7.89. The van der Waals surface area contributed by atoms with Crippen LogP contribution >= 0.6 is 0 Å². The number of hydrogen-bond acceptors (Lipinski definition) is 6. The lowest BCUT2D eigenvalue weighted by atomic mass is 10.1. The quantitative estimate of drug-likeness (QED) is 0.265. The summed E-state index contributed by atoms with van der Waals surface area (Å²) in [6.07, 6.45) is 1.56. The van der Waals surface area contributed by atoms with Crippen LogP contribution in [0.25, 0.3) is 22.5 Å². The number of aromatic nitrogens is 3. The number of carbonyl (C=O) groups is 1. The van der Waals surface area contributed by atoms with Crippen LogP contribution < -0.4 is 4.74 Å². The molecule has 0 atom stereocenters. The van der Waals surface area contributed by atoms with Crippen LogP contribution in [0.15, 0.2) is 77.4 Å². The number of esters is 1. The number of hydrogen-bond donors (Lipinski definition) is 0. The maximum absolute atomic E-state index is 13.1. The lowest BCUT2D eigenvalue weighted by molar-refractivity contribution is 0.0528. The topological polar surface area (TPSA) is 79.4 Å². The molecule has 0 aliphatic carbocycles. The van der Waals surface area contributed by atoms with Gasteiger partial charge in [0.2, 0.25) is 0 Å². The summed E-state index contributed by atoms with van der Waals surface area (Å²) >= 11 is 0. The summed E-state index contributed by atoms with van der Waals surface area (Å²) in [5.74, 6) is 0.978. The highest BCUT2D eigenvalue weighted by molar-refractivity contribution is 6.04. The third kappa shape index (κ3) is 4.63. The first-order valence-electron chi connectivity index (χ1n) is 11.1. The van der Waals surface area contributed by atoms with Gasteiger partial charge >= 0.3 is 5.97 Å². The number of halogens is 1. The van der Waals surface area contributed by atoms with Crippen LogP contribution in [-0.2, 0) is 11.3 Å². The SMILES string of the molecule is CCOC(=O)c1cc(-c2ccco2)nc2c1c(C)nn2Cc1ccc(Oc2ccc(F)cc2)cc1. The standard InChI is InChI=1S/C27H22FN3O4/c1-3-33-27(32)22-15-23(24-5-4-14-34-24)29-26-25(22)17(2)30-31(26)16-18-6-10-20(11-7-18)35-21-12-8-19(28)9-13-21/h4-15H,3,16H2,1-2H3. The van der Waals surface area contributed by atoms with Gasteiger partial charge in [-0.15, -0.1) is 0 Å². The lowest BCUT2D eigenvalue weighted by Gasteiger charge is -2.09. The van der Waals surface area contributed by atoms with Crippen molar-refractivity contribution < 1.29 is 23.1 Å². The second kappa shape index (κ2) is 9.42. The average Bonchev–Trinajstić information content (AvgIpc) is 3.50. The first kappa shape index (κ1) is 22.3. The molecular weight excluding hydrogens is 449 g/mol. The molecule has 0 N–H and O–H groups in total. The van der Waals surface area contributed by atoms with Crippen molar-refractivity contribution in [3.05, 3.63) is 95.6 Å². The van der Waals surface area contributed by atoms with Crippen molar-refractivity contribution in [3.8, 4) is 23.0 Å². The van der Waals surface area contributed by atoms with Crippen LogP contribution in [-0.4, -0.2) is 27.3 Å². The molecule has 0 bridgehead atoms. The molecule has 176 valence electrons. The summed E-state index contributed by atoms with van der Waals surface area (Å²) in [7, 11) is 0. The zero-order valence-corrected chi connectivity index (χ0v) is 19.2. The number of benzene rings is 2. The predicted molar refractivity (Wildman–Crippen MR) is 128 cm³/mol. The number of fused-ring (bicyclic) bond motifs is 1. The van der Waals surface area contributed by atoms with Gasteiger partial charge < -0.3 is 13.9 Å². The van der Waals surface area contributed by atoms with E-state index < -0.39 is 5.97 Å². The molecule has 0 aliphatic heterocycles. The molecule has 0 saturated carbocycles. The van der Waals surface area contributed by atoms with E-state index in [-0.39, 0.29) is 12.4 Å². The highest BCUT2D eigenvalue weighted by atomic mass is 19.1. The molecule has 8 heteroatoms. The van der Waals surface area contributed by atoms with Crippen molar-refractivity contribution in [1.29, 1.82) is 0 Å². The Morgan fingerprint density at radius 1 is 1.06 bits per heavy atom. The van der Waals surface area contributed by atoms with Gasteiger partial charge in [0.1, 0.15) is 23.0 Å². The van der Waals surface area contributed by atoms with Gasteiger partial charge in [-0.25, -0.2) is 18.9 Å². The average molecular weight is 471 g/mol. The zero-order valence-electron chi connectivity index (χ0n) is 19.2. The number of rotatable bonds is 7. The number of pyridine rings is 1. The van der Waals surface area contributed by atoms with Crippen LogP contribution in [0.1, 0.15) is 28.5 Å². The Labute approximate surface area is 200 Å². The van der Waals surface area contributed by atoms with Crippen LogP contribution in [0.2, 0.25) is 0 Å². The van der Waals surface area contributed by atoms with Crippen LogP contribution in [0.3, 0.4) is 0 Å². The molecule has 0 spiro atoms. The minimum Gasteiger partial charge on any atom is -0.463 e. The Bertz CT molecular complexity index is 1470. The van der Waals surface area contributed by atoms with E-state index in [4.69, 9.17) is 18.9 Å². The van der Waals surface area contributed by atoms with E-state index in [0.29, 0.717) is 51.8 Å². The van der Waals surface area contributed by atoms with Gasteiger partial charge in [-0.1, -0.05) is 12.1 Å². The van der Waals surface area contributed by atoms with Crippen molar-refractivity contribution >= 4 is 17.0 Å². The van der Waals surface area contributed by atoms with E-state index in [1.165, 1.54) is 12.1 Å². The van der Waals surface area contributed by atoms with Crippen molar-refractivity contribution in [3.63, 3.8) is 0 Å². The number of nitrogens with zero attached hydrogens (tertiary/aromatic N) is 3. The fourth-order valence-electron chi connectivity index (χ4n) is 3.86. The molecule has 2 aromatic carbocycles. The van der Waals surface area contributed by atoms with Crippen molar-refractivity contribution in [2.24, 2.45) is 0 Å². The van der Waals surface area contributed by atoms with E-state index in [0.717, 1.165) is 5.56 Å². The van der Waals surface area contributed by atoms with Gasteiger partial charge in [-0.3, -0.25) is 0 Å². The van der Waals surface area contributed by atoms with Gasteiger partial charge in [0.05, 0.1) is 36.1 Å². The molecule has 0 aliphatic rings. The predicted octanol–water partition coefficient (Wildman–Crippen LogP) is 6.16. The minimum absolute atomic E-state index is 0.262. The summed E-state index contributed by atoms with van der Waals surface area (Å²) in [4.78, 5) is 17.5. The lowest BCUT2D eigenvalue weighted by Crippen LogP contribution is -2.08. The van der Waals surface area contributed by atoms with Gasteiger partial charge in [-0.2, -0.15) is 5.10 Å². The summed E-state index contributed by atoms with van der Waals surface area (Å²) in [5, 5.41) is 5.31. The molecule has 3 aromatic heterocycles. The number of carbonyl (C=O) groups excluding carboxylic acids is 1. The van der Waals surface area contributed by atoms with E-state index >= 15 is 0 Å². The Morgan fingerprint density at radius 2 is 1.77 bits per heavy atom. The number of ether oxygens (including phenoxy) is 2. The second-order valence-corrected chi connectivity index (χ2v) is 7.89. The van der Waals surface area contributed by atoms with E-state index in [1.807, 2.05) is 31.2 Å². The van der Waals surface area contributed by atoms with Crippen molar-refractivity contribution in [1.82, 2.24) is 14.8 Å². The summed E-state index contributed by atoms with van der Waals surface area (Å²) in [6, 6.07) is 18.6. The summed E-state index contributed by atoms with van der Waals surface area (Å²) in [6.45, 7) is 4.30. The first-order valence-corrected chi connectivity index (χ1v) is 11.1. The van der Waals surface area contributed by atoms with Crippen molar-refractivity contribution in [2.45, 2.75) is 20.4 Å². The van der Waals surface area contributed by atoms with Gasteiger partial charge in [0.15, 0.2) is 11.4 Å². The zero-order chi connectivity index (χ0) is 24.4. The Kier molecular flexibility index (Phi) is 6.01. The van der Waals surface area contributed by atoms with E-state index in [1.54, 1.807) is 48.2 Å². The molecule has 35 heavy (non-hydrogen) atoms. The van der Waals surface area contributed by atoms with Gasteiger partial charge in [-0.05, 0) is 74.0 Å². The fourth-order valence-corrected chi connectivity index (χ4v) is 3.86. The first-order chi connectivity index (χ1) is 17.0. The summed E-state index contributed by atoms with van der Waals surface area (Å²) < 4.78 is 31.5. The Balaban J connectivity index is 1.48. The molecule has 3 heterocycles. The molecule has 0 fully saturated rings. The van der Waals surface area contributed by atoms with E-state index in [2.05, 4.69) is 5.10 Å². The largest absolute Gasteiger partial charge is 0.463 e. The fraction of sp³-hybridized carbons (Fsp3) is 0.148. The molecule has 5 rings (SSSR count). The van der Waals surface area contributed by atoms with Gasteiger partial charge in [0, 0.05) is 0 Å². The molecule has 0 radical (unpaired) electrons. The van der Waals surface area contributed by atoms with Crippen LogP contribution in [0.4, 0.5) is 4.39 Å². The number of aryl methyl sites for hydroxylation is 1. The maximum atomic E-state index is 13.1. The minimum atomic E-state index is -0.433. The number of furan rings is 1. The molecular formula is C27H22FN3O4. The summed E-state index contributed by atoms with van der Waals surface area (Å²) in [5.41, 5.74) is 3.12. The van der Waals surface area contributed by atoms with Crippen molar-refractivity contribution in [2.75, 3.05) is 6.61 Å². The monoisotopic (exact) mass is 471 g/mol. The molecule has 0 amide bonds. The van der Waals surface area contributed by atoms with Gasteiger partial charge in [0.25, 0.3) is 0 Å². The molecule has 7 nitrogen and oxygen atoms in total. The normalized spacial score (nSPS) is 11.1.